The molecular weight excluding hydrogens is 390 g/mol. The zero-order chi connectivity index (χ0) is 22.5. The van der Waals surface area contributed by atoms with E-state index in [9.17, 15) is 4.79 Å². The van der Waals surface area contributed by atoms with E-state index in [1.54, 1.807) is 0 Å². The van der Waals surface area contributed by atoms with Gasteiger partial charge in [-0.3, -0.25) is 4.79 Å². The third kappa shape index (κ3) is 4.87. The van der Waals surface area contributed by atoms with Crippen molar-refractivity contribution < 1.29 is 4.79 Å². The Labute approximate surface area is 190 Å². The molecule has 0 aliphatic rings. The van der Waals surface area contributed by atoms with Gasteiger partial charge in [-0.25, -0.2) is 0 Å². The summed E-state index contributed by atoms with van der Waals surface area (Å²) in [5, 5.41) is 0. The Kier molecular flexibility index (Phi) is 6.32. The summed E-state index contributed by atoms with van der Waals surface area (Å²) in [6.45, 7) is 6.24. The lowest BCUT2D eigenvalue weighted by Crippen LogP contribution is -2.10. The van der Waals surface area contributed by atoms with Crippen LogP contribution in [-0.4, -0.2) is 6.29 Å². The van der Waals surface area contributed by atoms with Gasteiger partial charge in [0.15, 0.2) is 6.29 Å². The molecule has 0 bridgehead atoms. The Bertz CT molecular complexity index is 1190. The number of hydrogen-bond acceptors (Lipinski definition) is 2. The molecule has 0 amide bonds. The molecule has 0 atom stereocenters. The van der Waals surface area contributed by atoms with Crippen LogP contribution >= 0.6 is 0 Å². The van der Waals surface area contributed by atoms with Crippen molar-refractivity contribution in [1.29, 1.82) is 0 Å². The molecule has 0 aliphatic carbocycles. The summed E-state index contributed by atoms with van der Waals surface area (Å²) in [7, 11) is 0. The van der Waals surface area contributed by atoms with Gasteiger partial charge < -0.3 is 4.90 Å². The van der Waals surface area contributed by atoms with Crippen molar-refractivity contribution in [3.8, 4) is 0 Å². The second kappa shape index (κ2) is 9.49. The van der Waals surface area contributed by atoms with Gasteiger partial charge in [0.25, 0.3) is 0 Å². The summed E-state index contributed by atoms with van der Waals surface area (Å²) in [5.41, 5.74) is 9.38. The molecule has 4 rings (SSSR count). The number of rotatable bonds is 6. The lowest BCUT2D eigenvalue weighted by atomic mass is 10.0. The second-order valence-electron chi connectivity index (χ2n) is 8.18. The summed E-state index contributed by atoms with van der Waals surface area (Å²) < 4.78 is 0. The molecule has 32 heavy (non-hydrogen) atoms. The zero-order valence-corrected chi connectivity index (χ0v) is 18.7. The Morgan fingerprint density at radius 3 is 1.50 bits per heavy atom. The van der Waals surface area contributed by atoms with Crippen LogP contribution < -0.4 is 4.90 Å². The molecule has 0 spiro atoms. The monoisotopic (exact) mass is 417 g/mol. The van der Waals surface area contributed by atoms with Crippen LogP contribution in [0.3, 0.4) is 0 Å². The Hall–Kier alpha value is -3.91. The molecule has 0 unspecified atom stereocenters. The van der Waals surface area contributed by atoms with E-state index in [2.05, 4.69) is 105 Å². The first kappa shape index (κ1) is 21.3. The van der Waals surface area contributed by atoms with Gasteiger partial charge in [0.1, 0.15) is 0 Å². The molecule has 0 saturated carbocycles. The van der Waals surface area contributed by atoms with Gasteiger partial charge in [0.05, 0.1) is 0 Å². The summed E-state index contributed by atoms with van der Waals surface area (Å²) in [6.07, 6.45) is 4.97. The summed E-state index contributed by atoms with van der Waals surface area (Å²) >= 11 is 0. The highest BCUT2D eigenvalue weighted by Crippen LogP contribution is 2.35. The van der Waals surface area contributed by atoms with Crippen LogP contribution in [0.2, 0.25) is 0 Å². The molecule has 158 valence electrons. The molecular formula is C30H27NO. The first-order valence-electron chi connectivity index (χ1n) is 10.8. The van der Waals surface area contributed by atoms with Crippen LogP contribution in [0.5, 0.6) is 0 Å². The van der Waals surface area contributed by atoms with Crippen LogP contribution in [0, 0.1) is 20.8 Å². The summed E-state index contributed by atoms with van der Waals surface area (Å²) in [4.78, 5) is 14.1. The van der Waals surface area contributed by atoms with E-state index in [4.69, 9.17) is 0 Å². The number of benzene rings is 4. The van der Waals surface area contributed by atoms with Crippen LogP contribution in [0.1, 0.15) is 38.2 Å². The molecule has 2 heteroatoms. The highest BCUT2D eigenvalue weighted by molar-refractivity contribution is 5.88. The maximum atomic E-state index is 12.0. The van der Waals surface area contributed by atoms with Crippen LogP contribution in [-0.2, 0) is 0 Å². The Morgan fingerprint density at radius 2 is 1.00 bits per heavy atom. The van der Waals surface area contributed by atoms with Gasteiger partial charge >= 0.3 is 0 Å². The standard InChI is InChI=1S/C30H27NO/c1-22-4-10-25(11-5-22)12-13-26-14-19-30(20-27(26)21-32)31(28-15-6-23(2)7-16-28)29-17-8-24(3)9-18-29/h4-21H,1-3H3. The average Bonchev–Trinajstić information content (AvgIpc) is 2.81. The molecule has 0 N–H and O–H groups in total. The van der Waals surface area contributed by atoms with Gasteiger partial charge in [0.2, 0.25) is 0 Å². The van der Waals surface area contributed by atoms with Crippen molar-refractivity contribution >= 4 is 35.5 Å². The summed E-state index contributed by atoms with van der Waals surface area (Å²) in [5.74, 6) is 0. The van der Waals surface area contributed by atoms with Crippen molar-refractivity contribution in [3.05, 3.63) is 124 Å². The largest absolute Gasteiger partial charge is 0.310 e. The molecule has 4 aromatic rings. The van der Waals surface area contributed by atoms with Crippen molar-refractivity contribution in [2.75, 3.05) is 4.90 Å². The Balaban J connectivity index is 1.74. The summed E-state index contributed by atoms with van der Waals surface area (Å²) in [6, 6.07) is 31.3. The minimum atomic E-state index is 0.662. The quantitative estimate of drug-likeness (QED) is 0.233. The number of aldehydes is 1. The second-order valence-corrected chi connectivity index (χ2v) is 8.18. The minimum Gasteiger partial charge on any atom is -0.310 e. The molecule has 0 aliphatic heterocycles. The molecule has 0 aromatic heterocycles. The fraction of sp³-hybridized carbons (Fsp3) is 0.100. The molecule has 0 fully saturated rings. The number of aryl methyl sites for hydroxylation is 3. The molecule has 0 saturated heterocycles. The van der Waals surface area contributed by atoms with E-state index in [1.165, 1.54) is 16.7 Å². The van der Waals surface area contributed by atoms with Crippen LogP contribution in [0.15, 0.2) is 91.0 Å². The van der Waals surface area contributed by atoms with Gasteiger partial charge in [-0.2, -0.15) is 0 Å². The van der Waals surface area contributed by atoms with E-state index in [-0.39, 0.29) is 0 Å². The Morgan fingerprint density at radius 1 is 0.531 bits per heavy atom. The lowest BCUT2D eigenvalue weighted by Gasteiger charge is -2.26. The number of carbonyl (C=O) groups is 1. The molecule has 4 aromatic carbocycles. The van der Waals surface area contributed by atoms with Gasteiger partial charge in [-0.15, -0.1) is 0 Å². The molecule has 0 radical (unpaired) electrons. The van der Waals surface area contributed by atoms with Crippen molar-refractivity contribution in [1.82, 2.24) is 0 Å². The SMILES string of the molecule is Cc1ccc(C=Cc2ccc(N(c3ccc(C)cc3)c3ccc(C)cc3)cc2C=O)cc1. The third-order valence-electron chi connectivity index (χ3n) is 5.57. The minimum absolute atomic E-state index is 0.662. The van der Waals surface area contributed by atoms with E-state index in [0.29, 0.717) is 5.56 Å². The van der Waals surface area contributed by atoms with E-state index in [1.807, 2.05) is 24.3 Å². The fourth-order valence-corrected chi connectivity index (χ4v) is 3.65. The van der Waals surface area contributed by atoms with Gasteiger partial charge in [0, 0.05) is 22.6 Å². The highest BCUT2D eigenvalue weighted by atomic mass is 16.1. The predicted octanol–water partition coefficient (Wildman–Crippen LogP) is 8.06. The number of nitrogens with zero attached hydrogens (tertiary/aromatic N) is 1. The van der Waals surface area contributed by atoms with Crippen molar-refractivity contribution in [2.24, 2.45) is 0 Å². The fourth-order valence-electron chi connectivity index (χ4n) is 3.65. The normalized spacial score (nSPS) is 11.0. The zero-order valence-electron chi connectivity index (χ0n) is 18.7. The van der Waals surface area contributed by atoms with Gasteiger partial charge in [-0.05, 0) is 68.3 Å². The average molecular weight is 418 g/mol. The topological polar surface area (TPSA) is 20.3 Å². The third-order valence-corrected chi connectivity index (χ3v) is 5.57. The lowest BCUT2D eigenvalue weighted by molar-refractivity contribution is 0.112. The van der Waals surface area contributed by atoms with Crippen molar-refractivity contribution in [3.63, 3.8) is 0 Å². The maximum absolute atomic E-state index is 12.0. The molecule has 2 nitrogen and oxygen atoms in total. The number of hydrogen-bond donors (Lipinski definition) is 0. The maximum Gasteiger partial charge on any atom is 0.150 e. The van der Waals surface area contributed by atoms with E-state index < -0.39 is 0 Å². The van der Waals surface area contributed by atoms with E-state index >= 15 is 0 Å². The van der Waals surface area contributed by atoms with E-state index in [0.717, 1.165) is 34.5 Å². The number of anilines is 3. The van der Waals surface area contributed by atoms with Gasteiger partial charge in [-0.1, -0.05) is 83.4 Å². The first-order valence-corrected chi connectivity index (χ1v) is 10.8. The predicted molar refractivity (Wildman–Crippen MR) is 136 cm³/mol. The van der Waals surface area contributed by atoms with Crippen LogP contribution in [0.25, 0.3) is 12.2 Å². The number of carbonyl (C=O) groups excluding carboxylic acids is 1. The van der Waals surface area contributed by atoms with Crippen LogP contribution in [0.4, 0.5) is 17.1 Å². The smallest absolute Gasteiger partial charge is 0.150 e. The van der Waals surface area contributed by atoms with Crippen molar-refractivity contribution in [2.45, 2.75) is 20.8 Å². The first-order chi connectivity index (χ1) is 15.5. The molecule has 0 heterocycles. The highest BCUT2D eigenvalue weighted by Gasteiger charge is 2.14.